The van der Waals surface area contributed by atoms with E-state index in [1.165, 1.54) is 5.56 Å². The normalized spacial score (nSPS) is 10.4. The van der Waals surface area contributed by atoms with Gasteiger partial charge in [-0.05, 0) is 37.5 Å². The van der Waals surface area contributed by atoms with E-state index in [0.717, 1.165) is 35.7 Å². The van der Waals surface area contributed by atoms with Crippen molar-refractivity contribution < 1.29 is 4.74 Å². The summed E-state index contributed by atoms with van der Waals surface area (Å²) < 4.78 is 5.27. The zero-order valence-corrected chi connectivity index (χ0v) is 13.3. The molecule has 0 bridgehead atoms. The standard InChI is InChI=1S/C17H21ClN2O/c1-13-9-17(21-2)11-16(20-13)12-19-15-7-3-5-14(10-15)6-4-8-18/h3,5,7,9-11,19H,4,6,8,12H2,1-2H3. The van der Waals surface area contributed by atoms with Crippen molar-refractivity contribution >= 4 is 17.3 Å². The number of methoxy groups -OCH3 is 1. The Balaban J connectivity index is 2.00. The molecule has 112 valence electrons. The van der Waals surface area contributed by atoms with Gasteiger partial charge in [-0.15, -0.1) is 11.6 Å². The molecule has 0 aliphatic carbocycles. The Bertz CT molecular complexity index is 587. The lowest BCUT2D eigenvalue weighted by Crippen LogP contribution is -2.03. The minimum absolute atomic E-state index is 0.678. The maximum Gasteiger partial charge on any atom is 0.122 e. The maximum atomic E-state index is 5.74. The molecule has 0 fully saturated rings. The lowest BCUT2D eigenvalue weighted by Gasteiger charge is -2.10. The van der Waals surface area contributed by atoms with Crippen molar-refractivity contribution in [3.05, 3.63) is 53.3 Å². The van der Waals surface area contributed by atoms with Gasteiger partial charge in [0.1, 0.15) is 5.75 Å². The Labute approximate surface area is 131 Å². The van der Waals surface area contributed by atoms with Crippen molar-refractivity contribution in [3.63, 3.8) is 0 Å². The average Bonchev–Trinajstić information content (AvgIpc) is 2.51. The van der Waals surface area contributed by atoms with E-state index < -0.39 is 0 Å². The summed E-state index contributed by atoms with van der Waals surface area (Å²) in [6, 6.07) is 12.3. The second-order valence-electron chi connectivity index (χ2n) is 4.99. The van der Waals surface area contributed by atoms with Crippen LogP contribution in [0.2, 0.25) is 0 Å². The summed E-state index contributed by atoms with van der Waals surface area (Å²) in [4.78, 5) is 4.51. The van der Waals surface area contributed by atoms with Gasteiger partial charge >= 0.3 is 0 Å². The van der Waals surface area contributed by atoms with Crippen LogP contribution in [0.4, 0.5) is 5.69 Å². The molecule has 21 heavy (non-hydrogen) atoms. The minimum Gasteiger partial charge on any atom is -0.497 e. The second kappa shape index (κ2) is 7.89. The summed E-state index contributed by atoms with van der Waals surface area (Å²) >= 11 is 5.74. The fraction of sp³-hybridized carbons (Fsp3) is 0.353. The number of halogens is 1. The highest BCUT2D eigenvalue weighted by Crippen LogP contribution is 2.16. The van der Waals surface area contributed by atoms with E-state index in [1.54, 1.807) is 7.11 Å². The molecule has 1 aromatic carbocycles. The summed E-state index contributed by atoms with van der Waals surface area (Å²) in [7, 11) is 1.67. The fourth-order valence-corrected chi connectivity index (χ4v) is 2.35. The molecule has 3 nitrogen and oxygen atoms in total. The number of rotatable bonds is 7. The van der Waals surface area contributed by atoms with Gasteiger partial charge < -0.3 is 10.1 Å². The van der Waals surface area contributed by atoms with Crippen molar-refractivity contribution in [3.8, 4) is 5.75 Å². The number of alkyl halides is 1. The van der Waals surface area contributed by atoms with E-state index in [4.69, 9.17) is 16.3 Å². The van der Waals surface area contributed by atoms with Gasteiger partial charge in [-0.25, -0.2) is 0 Å². The number of hydrogen-bond donors (Lipinski definition) is 1. The third-order valence-electron chi connectivity index (χ3n) is 3.22. The number of nitrogens with one attached hydrogen (secondary N) is 1. The number of anilines is 1. The average molecular weight is 305 g/mol. The van der Waals surface area contributed by atoms with Gasteiger partial charge in [0.15, 0.2) is 0 Å². The molecule has 4 heteroatoms. The molecule has 1 aromatic heterocycles. The van der Waals surface area contributed by atoms with E-state index >= 15 is 0 Å². The summed E-state index contributed by atoms with van der Waals surface area (Å²) in [5, 5.41) is 3.41. The predicted molar refractivity (Wildman–Crippen MR) is 88.3 cm³/mol. The first kappa shape index (κ1) is 15.6. The summed E-state index contributed by atoms with van der Waals surface area (Å²) in [6.07, 6.45) is 2.01. The summed E-state index contributed by atoms with van der Waals surface area (Å²) in [5.74, 6) is 1.54. The van der Waals surface area contributed by atoms with Crippen molar-refractivity contribution in [2.75, 3.05) is 18.3 Å². The molecule has 0 spiro atoms. The van der Waals surface area contributed by atoms with Crippen LogP contribution in [0.15, 0.2) is 36.4 Å². The third-order valence-corrected chi connectivity index (χ3v) is 3.48. The van der Waals surface area contributed by atoms with E-state index in [9.17, 15) is 0 Å². The number of pyridine rings is 1. The van der Waals surface area contributed by atoms with Gasteiger partial charge in [0.05, 0.1) is 19.3 Å². The number of ether oxygens (including phenoxy) is 1. The van der Waals surface area contributed by atoms with Gasteiger partial charge in [0, 0.05) is 29.4 Å². The smallest absolute Gasteiger partial charge is 0.122 e. The van der Waals surface area contributed by atoms with Gasteiger partial charge in [0.2, 0.25) is 0 Å². The van der Waals surface area contributed by atoms with Crippen molar-refractivity contribution in [2.45, 2.75) is 26.3 Å². The van der Waals surface area contributed by atoms with Gasteiger partial charge in [0.25, 0.3) is 0 Å². The first-order valence-electron chi connectivity index (χ1n) is 7.11. The Hall–Kier alpha value is -1.74. The van der Waals surface area contributed by atoms with Crippen molar-refractivity contribution in [1.82, 2.24) is 4.98 Å². The van der Waals surface area contributed by atoms with Crippen LogP contribution in [0.5, 0.6) is 5.75 Å². The molecule has 2 rings (SSSR count). The molecule has 1 N–H and O–H groups in total. The number of aryl methyl sites for hydroxylation is 2. The molecule has 0 saturated carbocycles. The molecule has 0 atom stereocenters. The number of benzene rings is 1. The number of nitrogens with zero attached hydrogens (tertiary/aromatic N) is 1. The Morgan fingerprint density at radius 3 is 2.86 bits per heavy atom. The molecule has 0 aliphatic rings. The fourth-order valence-electron chi connectivity index (χ4n) is 2.21. The van der Waals surface area contributed by atoms with Gasteiger partial charge in [-0.1, -0.05) is 12.1 Å². The first-order chi connectivity index (χ1) is 10.2. The molecule has 0 saturated heterocycles. The Morgan fingerprint density at radius 1 is 1.24 bits per heavy atom. The van der Waals surface area contributed by atoms with Crippen LogP contribution in [0.25, 0.3) is 0 Å². The maximum absolute atomic E-state index is 5.74. The quantitative estimate of drug-likeness (QED) is 0.779. The first-order valence-corrected chi connectivity index (χ1v) is 7.65. The van der Waals surface area contributed by atoms with Crippen LogP contribution in [0, 0.1) is 6.92 Å². The van der Waals surface area contributed by atoms with Crippen LogP contribution in [0.1, 0.15) is 23.4 Å². The second-order valence-corrected chi connectivity index (χ2v) is 5.36. The van der Waals surface area contributed by atoms with E-state index in [2.05, 4.69) is 34.6 Å². The molecule has 0 aliphatic heterocycles. The third kappa shape index (κ3) is 4.94. The lowest BCUT2D eigenvalue weighted by atomic mass is 10.1. The monoisotopic (exact) mass is 304 g/mol. The Kier molecular flexibility index (Phi) is 5.88. The summed E-state index contributed by atoms with van der Waals surface area (Å²) in [5.41, 5.74) is 4.33. The molecule has 1 heterocycles. The summed E-state index contributed by atoms with van der Waals surface area (Å²) in [6.45, 7) is 2.65. The zero-order valence-electron chi connectivity index (χ0n) is 12.5. The van der Waals surface area contributed by atoms with Crippen LogP contribution in [-0.4, -0.2) is 18.0 Å². The lowest BCUT2D eigenvalue weighted by molar-refractivity contribution is 0.413. The molecule has 0 amide bonds. The highest BCUT2D eigenvalue weighted by Gasteiger charge is 2.01. The van der Waals surface area contributed by atoms with Crippen molar-refractivity contribution in [2.24, 2.45) is 0 Å². The van der Waals surface area contributed by atoms with Crippen LogP contribution in [0.3, 0.4) is 0 Å². The molecular formula is C17H21ClN2O. The van der Waals surface area contributed by atoms with E-state index in [-0.39, 0.29) is 0 Å². The molecular weight excluding hydrogens is 284 g/mol. The minimum atomic E-state index is 0.678. The van der Waals surface area contributed by atoms with Crippen LogP contribution < -0.4 is 10.1 Å². The van der Waals surface area contributed by atoms with Gasteiger partial charge in [-0.3, -0.25) is 4.98 Å². The SMILES string of the molecule is COc1cc(C)nc(CNc2cccc(CCCCl)c2)c1. The largest absolute Gasteiger partial charge is 0.497 e. The Morgan fingerprint density at radius 2 is 2.10 bits per heavy atom. The highest BCUT2D eigenvalue weighted by molar-refractivity contribution is 6.17. The predicted octanol–water partition coefficient (Wildman–Crippen LogP) is 4.18. The number of hydrogen-bond acceptors (Lipinski definition) is 3. The molecule has 0 radical (unpaired) electrons. The van der Waals surface area contributed by atoms with Crippen LogP contribution >= 0.6 is 11.6 Å². The van der Waals surface area contributed by atoms with E-state index in [1.807, 2.05) is 19.1 Å². The highest BCUT2D eigenvalue weighted by atomic mass is 35.5. The zero-order chi connectivity index (χ0) is 15.1. The van der Waals surface area contributed by atoms with Gasteiger partial charge in [-0.2, -0.15) is 0 Å². The van der Waals surface area contributed by atoms with E-state index in [0.29, 0.717) is 12.4 Å². The number of aromatic nitrogens is 1. The van der Waals surface area contributed by atoms with Crippen molar-refractivity contribution in [1.29, 1.82) is 0 Å². The molecule has 2 aromatic rings. The topological polar surface area (TPSA) is 34.1 Å². The van der Waals surface area contributed by atoms with Crippen LogP contribution in [-0.2, 0) is 13.0 Å². The molecule has 0 unspecified atom stereocenters.